The Morgan fingerprint density at radius 3 is 2.29 bits per heavy atom. The molecule has 41 heavy (non-hydrogen) atoms. The van der Waals surface area contributed by atoms with E-state index in [4.69, 9.17) is 4.42 Å². The molecule has 216 valence electrons. The van der Waals surface area contributed by atoms with Gasteiger partial charge in [0.25, 0.3) is 11.8 Å². The Hall–Kier alpha value is -4.25. The molecule has 0 aliphatic rings. The number of pyridine rings is 1. The highest BCUT2D eigenvalue weighted by Gasteiger charge is 2.29. The van der Waals surface area contributed by atoms with Crippen LogP contribution in [-0.4, -0.2) is 49.2 Å². The average Bonchev–Trinajstić information content (AvgIpc) is 3.29. The second-order valence-electron chi connectivity index (χ2n) is 10.3. The van der Waals surface area contributed by atoms with E-state index in [1.807, 2.05) is 13.8 Å². The maximum Gasteiger partial charge on any atom is 0.389 e. The number of likely N-dealkylation sites (N-methyl/N-ethyl adjacent to an activating group) is 1. The highest BCUT2D eigenvalue weighted by molar-refractivity contribution is 6.11. The van der Waals surface area contributed by atoms with Crippen LogP contribution in [0.25, 0.3) is 33.6 Å². The minimum absolute atomic E-state index is 0.0356. The number of nitrogens with one attached hydrogen (secondary N) is 3. The quantitative estimate of drug-likeness (QED) is 0.218. The topological polar surface area (TPSA) is 96.3 Å². The Labute approximate surface area is 234 Å². The molecule has 0 saturated carbocycles. The SMILES string of the molecule is CNCC(C)(C)NC(=O)c1cccc(-c2cc3c(C(=O)NC)c(-c4ccc(F)cc4)oc3nc2CCC(F)(F)F)c1. The van der Waals surface area contributed by atoms with Gasteiger partial charge in [0.1, 0.15) is 11.6 Å². The molecule has 2 aromatic carbocycles. The van der Waals surface area contributed by atoms with Crippen molar-refractivity contribution in [2.45, 2.75) is 38.4 Å². The van der Waals surface area contributed by atoms with Gasteiger partial charge in [-0.1, -0.05) is 12.1 Å². The molecule has 0 spiro atoms. The van der Waals surface area contributed by atoms with Crippen LogP contribution < -0.4 is 16.0 Å². The first-order chi connectivity index (χ1) is 19.3. The van der Waals surface area contributed by atoms with Gasteiger partial charge in [-0.3, -0.25) is 9.59 Å². The Balaban J connectivity index is 1.89. The fourth-order valence-electron chi connectivity index (χ4n) is 4.61. The van der Waals surface area contributed by atoms with E-state index in [9.17, 15) is 27.2 Å². The van der Waals surface area contributed by atoms with Crippen LogP contribution in [-0.2, 0) is 6.42 Å². The number of nitrogens with zero attached hydrogens (tertiary/aromatic N) is 1. The van der Waals surface area contributed by atoms with Crippen LogP contribution in [0.1, 0.15) is 46.7 Å². The fourth-order valence-corrected chi connectivity index (χ4v) is 4.61. The van der Waals surface area contributed by atoms with Crippen molar-refractivity contribution in [2.24, 2.45) is 0 Å². The Bertz CT molecular complexity index is 1580. The van der Waals surface area contributed by atoms with Crippen molar-refractivity contribution >= 4 is 22.9 Å². The largest absolute Gasteiger partial charge is 0.437 e. The maximum absolute atomic E-state index is 13.6. The van der Waals surface area contributed by atoms with E-state index in [2.05, 4.69) is 20.9 Å². The minimum Gasteiger partial charge on any atom is -0.437 e. The highest BCUT2D eigenvalue weighted by Crippen LogP contribution is 2.37. The molecule has 4 aromatic rings. The van der Waals surface area contributed by atoms with Crippen LogP contribution in [0.3, 0.4) is 0 Å². The lowest BCUT2D eigenvalue weighted by atomic mass is 9.96. The van der Waals surface area contributed by atoms with Crippen molar-refractivity contribution in [1.82, 2.24) is 20.9 Å². The van der Waals surface area contributed by atoms with Crippen LogP contribution in [0.2, 0.25) is 0 Å². The first-order valence-electron chi connectivity index (χ1n) is 12.9. The van der Waals surface area contributed by atoms with E-state index < -0.39 is 36.3 Å². The molecule has 2 aromatic heterocycles. The van der Waals surface area contributed by atoms with E-state index in [0.717, 1.165) is 0 Å². The number of aromatic nitrogens is 1. The van der Waals surface area contributed by atoms with E-state index in [1.54, 1.807) is 37.4 Å². The zero-order chi connectivity index (χ0) is 29.9. The summed E-state index contributed by atoms with van der Waals surface area (Å²) < 4.78 is 59.3. The summed E-state index contributed by atoms with van der Waals surface area (Å²) in [6.45, 7) is 4.23. The molecular weight excluding hydrogens is 540 g/mol. The summed E-state index contributed by atoms with van der Waals surface area (Å²) in [6.07, 6.45) is -6.03. The van der Waals surface area contributed by atoms with Crippen LogP contribution in [0, 0.1) is 5.82 Å². The number of hydrogen-bond acceptors (Lipinski definition) is 5. The van der Waals surface area contributed by atoms with Gasteiger partial charge in [0.2, 0.25) is 5.71 Å². The number of carbonyl (C=O) groups excluding carboxylic acids is 2. The molecule has 0 saturated heterocycles. The second-order valence-corrected chi connectivity index (χ2v) is 10.3. The monoisotopic (exact) mass is 570 g/mol. The third kappa shape index (κ3) is 6.91. The van der Waals surface area contributed by atoms with Crippen molar-refractivity contribution in [3.63, 3.8) is 0 Å². The normalized spacial score (nSPS) is 12.0. The molecule has 0 aliphatic heterocycles. The fraction of sp³-hybridized carbons (Fsp3) is 0.300. The zero-order valence-corrected chi connectivity index (χ0v) is 23.0. The lowest BCUT2D eigenvalue weighted by Crippen LogP contribution is -2.49. The number of alkyl halides is 3. The molecule has 2 heterocycles. The molecule has 7 nitrogen and oxygen atoms in total. The molecule has 11 heteroatoms. The molecule has 4 rings (SSSR count). The van der Waals surface area contributed by atoms with Crippen LogP contribution in [0.15, 0.2) is 59.0 Å². The molecule has 0 unspecified atom stereocenters. The van der Waals surface area contributed by atoms with Crippen molar-refractivity contribution in [3.8, 4) is 22.5 Å². The van der Waals surface area contributed by atoms with Crippen molar-refractivity contribution in [3.05, 3.63) is 77.2 Å². The number of fused-ring (bicyclic) bond motifs is 1. The summed E-state index contributed by atoms with van der Waals surface area (Å²) in [5, 5.41) is 8.76. The van der Waals surface area contributed by atoms with E-state index in [0.29, 0.717) is 28.8 Å². The second kappa shape index (κ2) is 11.7. The Morgan fingerprint density at radius 1 is 0.951 bits per heavy atom. The van der Waals surface area contributed by atoms with Crippen LogP contribution >= 0.6 is 0 Å². The summed E-state index contributed by atoms with van der Waals surface area (Å²) in [6, 6.07) is 13.3. The average molecular weight is 571 g/mol. The Morgan fingerprint density at radius 2 is 1.66 bits per heavy atom. The van der Waals surface area contributed by atoms with E-state index in [-0.39, 0.29) is 34.0 Å². The van der Waals surface area contributed by atoms with Gasteiger partial charge in [0, 0.05) is 42.2 Å². The third-order valence-electron chi connectivity index (χ3n) is 6.47. The van der Waals surface area contributed by atoms with Crippen LogP contribution in [0.5, 0.6) is 0 Å². The standard InChI is InChI=1S/C30H30F4N4O3/c1-29(2,16-35-3)38-26(39)19-7-5-6-18(14-19)21-15-22-24(27(40)36-4)25(17-8-10-20(31)11-9-17)41-28(22)37-23(21)12-13-30(32,33)34/h5-11,14-15,35H,12-13,16H2,1-4H3,(H,36,40)(H,38,39). The van der Waals surface area contributed by atoms with Gasteiger partial charge in [-0.2, -0.15) is 13.2 Å². The van der Waals surface area contributed by atoms with Crippen molar-refractivity contribution in [2.75, 3.05) is 20.6 Å². The summed E-state index contributed by atoms with van der Waals surface area (Å²) >= 11 is 0. The molecule has 0 radical (unpaired) electrons. The van der Waals surface area contributed by atoms with Gasteiger partial charge in [-0.25, -0.2) is 9.37 Å². The highest BCUT2D eigenvalue weighted by atomic mass is 19.4. The third-order valence-corrected chi connectivity index (χ3v) is 6.47. The van der Waals surface area contributed by atoms with Crippen molar-refractivity contribution < 1.29 is 31.6 Å². The smallest absolute Gasteiger partial charge is 0.389 e. The maximum atomic E-state index is 13.6. The van der Waals surface area contributed by atoms with Gasteiger partial charge in [-0.05, 0) is 75.3 Å². The Kier molecular flexibility index (Phi) is 8.48. The van der Waals surface area contributed by atoms with Gasteiger partial charge in [0.05, 0.1) is 16.6 Å². The molecule has 0 bridgehead atoms. The minimum atomic E-state index is -4.44. The van der Waals surface area contributed by atoms with E-state index >= 15 is 0 Å². The summed E-state index contributed by atoms with van der Waals surface area (Å²) in [5.41, 5.74) is 1.06. The molecule has 0 atom stereocenters. The molecular formula is C30H30F4N4O3. The summed E-state index contributed by atoms with van der Waals surface area (Å²) in [4.78, 5) is 30.5. The van der Waals surface area contributed by atoms with Crippen molar-refractivity contribution in [1.29, 1.82) is 0 Å². The van der Waals surface area contributed by atoms with Gasteiger partial charge in [-0.15, -0.1) is 0 Å². The summed E-state index contributed by atoms with van der Waals surface area (Å²) in [5.74, 6) is -1.25. The number of halogens is 4. The summed E-state index contributed by atoms with van der Waals surface area (Å²) in [7, 11) is 3.20. The molecule has 0 aliphatic carbocycles. The predicted molar refractivity (Wildman–Crippen MR) is 148 cm³/mol. The van der Waals surface area contributed by atoms with Gasteiger partial charge < -0.3 is 20.4 Å². The molecule has 3 N–H and O–H groups in total. The first-order valence-corrected chi connectivity index (χ1v) is 12.9. The van der Waals surface area contributed by atoms with E-state index in [1.165, 1.54) is 31.3 Å². The zero-order valence-electron chi connectivity index (χ0n) is 23.0. The first kappa shape index (κ1) is 29.7. The predicted octanol–water partition coefficient (Wildman–Crippen LogP) is 5.88. The molecule has 0 fully saturated rings. The van der Waals surface area contributed by atoms with Gasteiger partial charge >= 0.3 is 6.18 Å². The number of hydrogen-bond donors (Lipinski definition) is 3. The number of aryl methyl sites for hydroxylation is 1. The molecule has 2 amide bonds. The lowest BCUT2D eigenvalue weighted by molar-refractivity contribution is -0.134. The van der Waals surface area contributed by atoms with Crippen LogP contribution in [0.4, 0.5) is 17.6 Å². The number of benzene rings is 2. The lowest BCUT2D eigenvalue weighted by Gasteiger charge is -2.26. The number of rotatable bonds is 9. The van der Waals surface area contributed by atoms with Gasteiger partial charge in [0.15, 0.2) is 0 Å². The number of carbonyl (C=O) groups is 2. The number of amides is 2. The number of furan rings is 1.